The Labute approximate surface area is 206 Å². The van der Waals surface area contributed by atoms with Gasteiger partial charge in [0.25, 0.3) is 0 Å². The summed E-state index contributed by atoms with van der Waals surface area (Å²) < 4.78 is 16.2. The fourth-order valence-electron chi connectivity index (χ4n) is 3.71. The van der Waals surface area contributed by atoms with E-state index < -0.39 is 16.9 Å². The molecular weight excluding hydrogens is 458 g/mol. The van der Waals surface area contributed by atoms with Crippen LogP contribution in [0.25, 0.3) is 11.1 Å². The molecule has 0 aliphatic carbocycles. The molecule has 1 atom stereocenters. The van der Waals surface area contributed by atoms with Gasteiger partial charge in [0.15, 0.2) is 11.0 Å². The smallest absolute Gasteiger partial charge is 0.248 e. The van der Waals surface area contributed by atoms with Gasteiger partial charge in [0.2, 0.25) is 5.91 Å². The average Bonchev–Trinajstić information content (AvgIpc) is 2.89. The molecule has 3 N–H and O–H groups in total. The maximum absolute atomic E-state index is 13.2. The number of rotatable bonds is 10. The third-order valence-electron chi connectivity index (χ3n) is 5.53. The first-order valence-electron chi connectivity index (χ1n) is 11.2. The minimum absolute atomic E-state index is 0.158. The van der Waals surface area contributed by atoms with Gasteiger partial charge in [-0.1, -0.05) is 48.5 Å². The highest BCUT2D eigenvalue weighted by atomic mass is 32.2. The topological polar surface area (TPSA) is 102 Å². The van der Waals surface area contributed by atoms with E-state index in [0.29, 0.717) is 35.4 Å². The van der Waals surface area contributed by atoms with Crippen molar-refractivity contribution in [3.63, 3.8) is 0 Å². The number of ketones is 1. The molecule has 0 saturated heterocycles. The zero-order valence-corrected chi connectivity index (χ0v) is 19.8. The highest BCUT2D eigenvalue weighted by molar-refractivity contribution is 7.86. The predicted octanol–water partition coefficient (Wildman–Crippen LogP) is 4.73. The van der Waals surface area contributed by atoms with E-state index >= 15 is 0 Å². The van der Waals surface area contributed by atoms with Crippen LogP contribution in [-0.2, 0) is 28.6 Å². The maximum atomic E-state index is 13.2. The van der Waals surface area contributed by atoms with Gasteiger partial charge >= 0.3 is 0 Å². The lowest BCUT2D eigenvalue weighted by molar-refractivity contribution is -0.118. The molecular formula is C28H25N3O3S. The molecule has 4 rings (SSSR count). The molecule has 1 amide bonds. The van der Waals surface area contributed by atoms with Crippen LogP contribution in [0.4, 0.5) is 5.69 Å². The summed E-state index contributed by atoms with van der Waals surface area (Å²) in [5.74, 6) is -0.357. The fraction of sp³-hybridized carbons (Fsp3) is 0.107. The second kappa shape index (κ2) is 11.4. The number of pyridine rings is 1. The van der Waals surface area contributed by atoms with Crippen molar-refractivity contribution in [2.24, 2.45) is 5.73 Å². The number of nitrogens with one attached hydrogen (secondary N) is 1. The van der Waals surface area contributed by atoms with Crippen molar-refractivity contribution in [3.05, 3.63) is 114 Å². The summed E-state index contributed by atoms with van der Waals surface area (Å²) in [5, 5.41) is 0. The molecule has 0 radical (unpaired) electrons. The van der Waals surface area contributed by atoms with Crippen LogP contribution in [0.1, 0.15) is 27.9 Å². The SMILES string of the molecule is NC(=O)c1cccc(-c2ccccc2S(=O)Nc2ccc(CC(=O)CCc3cccnc3)cc2)c1. The monoisotopic (exact) mass is 483 g/mol. The van der Waals surface area contributed by atoms with Crippen molar-refractivity contribution < 1.29 is 13.8 Å². The summed E-state index contributed by atoms with van der Waals surface area (Å²) >= 11 is 0. The van der Waals surface area contributed by atoms with E-state index in [0.717, 1.165) is 22.3 Å². The van der Waals surface area contributed by atoms with Crippen LogP contribution in [0.2, 0.25) is 0 Å². The third-order valence-corrected chi connectivity index (χ3v) is 6.70. The third kappa shape index (κ3) is 6.49. The first kappa shape index (κ1) is 24.0. The van der Waals surface area contributed by atoms with Crippen LogP contribution in [-0.4, -0.2) is 20.9 Å². The van der Waals surface area contributed by atoms with Crippen LogP contribution in [0.3, 0.4) is 0 Å². The molecule has 35 heavy (non-hydrogen) atoms. The number of nitrogens with zero attached hydrogens (tertiary/aromatic N) is 1. The zero-order chi connectivity index (χ0) is 24.6. The molecule has 0 saturated carbocycles. The van der Waals surface area contributed by atoms with Crippen LogP contribution in [0.5, 0.6) is 0 Å². The lowest BCUT2D eigenvalue weighted by Gasteiger charge is -2.12. The van der Waals surface area contributed by atoms with Gasteiger partial charge in [-0.15, -0.1) is 0 Å². The van der Waals surface area contributed by atoms with Crippen molar-refractivity contribution in [1.29, 1.82) is 0 Å². The normalized spacial score (nSPS) is 11.5. The Hall–Kier alpha value is -4.10. The van der Waals surface area contributed by atoms with E-state index in [2.05, 4.69) is 9.71 Å². The van der Waals surface area contributed by atoms with Crippen molar-refractivity contribution >= 4 is 28.4 Å². The van der Waals surface area contributed by atoms with Crippen molar-refractivity contribution in [2.75, 3.05) is 4.72 Å². The number of Topliss-reactive ketones (excluding diaryl/α,β-unsaturated/α-hetero) is 1. The molecule has 0 aliphatic heterocycles. The number of aryl methyl sites for hydroxylation is 1. The standard InChI is InChI=1S/C28H25N3O3S/c29-28(33)23-7-3-6-22(18-23)26-8-1-2-9-27(26)35(34)31-24-13-10-20(11-14-24)17-25(32)15-12-21-5-4-16-30-19-21/h1-11,13-14,16,18-19,31H,12,15,17H2,(H2,29,33). The van der Waals surface area contributed by atoms with Crippen molar-refractivity contribution in [3.8, 4) is 11.1 Å². The molecule has 1 aromatic heterocycles. The summed E-state index contributed by atoms with van der Waals surface area (Å²) in [6.45, 7) is 0. The molecule has 176 valence electrons. The molecule has 4 aromatic rings. The summed E-state index contributed by atoms with van der Waals surface area (Å²) in [6.07, 6.45) is 4.98. The Balaban J connectivity index is 1.41. The van der Waals surface area contributed by atoms with Gasteiger partial charge in [0.05, 0.1) is 4.90 Å². The van der Waals surface area contributed by atoms with E-state index in [9.17, 15) is 13.8 Å². The minimum Gasteiger partial charge on any atom is -0.366 e. The van der Waals surface area contributed by atoms with Gasteiger partial charge in [-0.3, -0.25) is 14.6 Å². The highest BCUT2D eigenvalue weighted by Crippen LogP contribution is 2.28. The Morgan fingerprint density at radius 2 is 1.69 bits per heavy atom. The number of carbonyl (C=O) groups is 2. The quantitative estimate of drug-likeness (QED) is 0.340. The number of amides is 1. The van der Waals surface area contributed by atoms with Crippen LogP contribution in [0, 0.1) is 0 Å². The van der Waals surface area contributed by atoms with Gasteiger partial charge in [0.1, 0.15) is 5.78 Å². The number of hydrogen-bond acceptors (Lipinski definition) is 4. The number of anilines is 1. The van der Waals surface area contributed by atoms with Crippen molar-refractivity contribution in [1.82, 2.24) is 4.98 Å². The fourth-order valence-corrected chi connectivity index (χ4v) is 4.75. The van der Waals surface area contributed by atoms with Gasteiger partial charge < -0.3 is 10.5 Å². The molecule has 0 spiro atoms. The Kier molecular flexibility index (Phi) is 7.80. The molecule has 1 unspecified atom stereocenters. The van der Waals surface area contributed by atoms with Gasteiger partial charge in [-0.25, -0.2) is 4.21 Å². The summed E-state index contributed by atoms with van der Waals surface area (Å²) in [6, 6.07) is 25.4. The van der Waals surface area contributed by atoms with Gasteiger partial charge in [0, 0.05) is 36.5 Å². The molecule has 0 fully saturated rings. The Bertz CT molecular complexity index is 1360. The number of primary amides is 1. The van der Waals surface area contributed by atoms with Crippen LogP contribution in [0.15, 0.2) is 102 Å². The summed E-state index contributed by atoms with van der Waals surface area (Å²) in [7, 11) is -1.54. The predicted molar refractivity (Wildman–Crippen MR) is 138 cm³/mol. The molecule has 3 aromatic carbocycles. The van der Waals surface area contributed by atoms with Gasteiger partial charge in [-0.05, 0) is 65.1 Å². The molecule has 1 heterocycles. The van der Waals surface area contributed by atoms with E-state index in [1.165, 1.54) is 0 Å². The number of hydrogen-bond donors (Lipinski definition) is 2. The molecule has 6 nitrogen and oxygen atoms in total. The van der Waals surface area contributed by atoms with Gasteiger partial charge in [-0.2, -0.15) is 0 Å². The molecule has 0 aliphatic rings. The zero-order valence-electron chi connectivity index (χ0n) is 19.0. The number of aromatic nitrogens is 1. The average molecular weight is 484 g/mol. The van der Waals surface area contributed by atoms with E-state index in [-0.39, 0.29) is 5.78 Å². The first-order valence-corrected chi connectivity index (χ1v) is 12.3. The lowest BCUT2D eigenvalue weighted by atomic mass is 10.0. The highest BCUT2D eigenvalue weighted by Gasteiger charge is 2.13. The summed E-state index contributed by atoms with van der Waals surface area (Å²) in [5.41, 5.74) is 9.93. The Morgan fingerprint density at radius 1 is 0.886 bits per heavy atom. The molecule has 7 heteroatoms. The second-order valence-corrected chi connectivity index (χ2v) is 9.27. The Morgan fingerprint density at radius 3 is 2.43 bits per heavy atom. The maximum Gasteiger partial charge on any atom is 0.248 e. The number of nitrogens with two attached hydrogens (primary N) is 1. The summed E-state index contributed by atoms with van der Waals surface area (Å²) in [4.78, 5) is 28.6. The van der Waals surface area contributed by atoms with Crippen LogP contribution < -0.4 is 10.5 Å². The number of benzene rings is 3. The first-order chi connectivity index (χ1) is 17.0. The number of carbonyl (C=O) groups excluding carboxylic acids is 2. The minimum atomic E-state index is -1.54. The largest absolute Gasteiger partial charge is 0.366 e. The van der Waals surface area contributed by atoms with Crippen molar-refractivity contribution in [2.45, 2.75) is 24.2 Å². The van der Waals surface area contributed by atoms with E-state index in [1.807, 2.05) is 60.7 Å². The van der Waals surface area contributed by atoms with Crippen LogP contribution >= 0.6 is 0 Å². The van der Waals surface area contributed by atoms with E-state index in [1.54, 1.807) is 36.7 Å². The van der Waals surface area contributed by atoms with E-state index in [4.69, 9.17) is 5.73 Å². The second-order valence-electron chi connectivity index (χ2n) is 8.09. The molecule has 0 bridgehead atoms. The lowest BCUT2D eigenvalue weighted by Crippen LogP contribution is -2.11.